The fourth-order valence-corrected chi connectivity index (χ4v) is 1.31. The Labute approximate surface area is 81.0 Å². The smallest absolute Gasteiger partial charge is 0.0314 e. The summed E-state index contributed by atoms with van der Waals surface area (Å²) in [6.07, 6.45) is 2.33. The minimum absolute atomic E-state index is 0.399. The van der Waals surface area contributed by atoms with Crippen molar-refractivity contribution in [3.8, 4) is 0 Å². The topological polar surface area (TPSA) is 26.0 Å². The molecule has 0 amide bonds. The van der Waals surface area contributed by atoms with Gasteiger partial charge in [0.1, 0.15) is 0 Å². The van der Waals surface area contributed by atoms with Gasteiger partial charge < -0.3 is 5.73 Å². The minimum atomic E-state index is 0.399. The van der Waals surface area contributed by atoms with Gasteiger partial charge in [-0.3, -0.25) is 0 Å². The first kappa shape index (κ1) is 10.1. The van der Waals surface area contributed by atoms with E-state index in [1.807, 2.05) is 12.1 Å². The highest BCUT2D eigenvalue weighted by Crippen LogP contribution is 2.25. The summed E-state index contributed by atoms with van der Waals surface area (Å²) in [5.41, 5.74) is 8.24. The number of hydrogen-bond donors (Lipinski definition) is 1. The molecule has 0 aromatic heterocycles. The summed E-state index contributed by atoms with van der Waals surface area (Å²) in [5.74, 6) is 0. The molecule has 0 aliphatic heterocycles. The number of anilines is 1. The first-order valence-electron chi connectivity index (χ1n) is 4.88. The van der Waals surface area contributed by atoms with Crippen LogP contribution in [0.5, 0.6) is 0 Å². The summed E-state index contributed by atoms with van der Waals surface area (Å²) in [6.45, 7) is 6.82. The van der Waals surface area contributed by atoms with Gasteiger partial charge in [0.2, 0.25) is 0 Å². The van der Waals surface area contributed by atoms with E-state index in [-0.39, 0.29) is 0 Å². The van der Waals surface area contributed by atoms with Crippen LogP contribution in [0.4, 0.5) is 5.69 Å². The zero-order valence-corrected chi connectivity index (χ0v) is 8.80. The zero-order valence-electron chi connectivity index (χ0n) is 8.80. The average molecular weight is 177 g/mol. The Morgan fingerprint density at radius 2 is 1.69 bits per heavy atom. The Kier molecular flexibility index (Phi) is 2.97. The molecule has 0 radical (unpaired) electrons. The molecule has 1 aromatic carbocycles. The van der Waals surface area contributed by atoms with E-state index in [9.17, 15) is 0 Å². The summed E-state index contributed by atoms with van der Waals surface area (Å²) in [6, 6.07) is 8.18. The van der Waals surface area contributed by atoms with Crippen molar-refractivity contribution in [2.75, 3.05) is 5.73 Å². The summed E-state index contributed by atoms with van der Waals surface area (Å²) in [4.78, 5) is 0. The highest BCUT2D eigenvalue weighted by molar-refractivity contribution is 5.39. The number of nitrogens with two attached hydrogens (primary N) is 1. The Hall–Kier alpha value is -0.980. The van der Waals surface area contributed by atoms with Crippen LogP contribution in [0.2, 0.25) is 0 Å². The van der Waals surface area contributed by atoms with Gasteiger partial charge in [0, 0.05) is 5.69 Å². The van der Waals surface area contributed by atoms with Gasteiger partial charge in [0.15, 0.2) is 0 Å². The summed E-state index contributed by atoms with van der Waals surface area (Å²) in [7, 11) is 0. The lowest BCUT2D eigenvalue weighted by molar-refractivity contribution is 0.349. The third-order valence-electron chi connectivity index (χ3n) is 2.62. The summed E-state index contributed by atoms with van der Waals surface area (Å²) >= 11 is 0. The monoisotopic (exact) mass is 177 g/mol. The SMILES string of the molecule is CCC(C)(C)Cc1ccc(N)cc1. The van der Waals surface area contributed by atoms with Gasteiger partial charge in [-0.25, -0.2) is 0 Å². The van der Waals surface area contributed by atoms with Crippen molar-refractivity contribution in [2.24, 2.45) is 5.41 Å². The van der Waals surface area contributed by atoms with Crippen LogP contribution in [0.15, 0.2) is 24.3 Å². The molecule has 72 valence electrons. The Morgan fingerprint density at radius 3 is 2.15 bits per heavy atom. The van der Waals surface area contributed by atoms with Crippen molar-refractivity contribution in [3.05, 3.63) is 29.8 Å². The number of hydrogen-bond acceptors (Lipinski definition) is 1. The van der Waals surface area contributed by atoms with Crippen LogP contribution in [0.1, 0.15) is 32.8 Å². The molecular formula is C12H19N. The van der Waals surface area contributed by atoms with Crippen LogP contribution >= 0.6 is 0 Å². The fraction of sp³-hybridized carbons (Fsp3) is 0.500. The Balaban J connectivity index is 2.69. The van der Waals surface area contributed by atoms with Crippen molar-refractivity contribution in [1.82, 2.24) is 0 Å². The highest BCUT2D eigenvalue weighted by Gasteiger charge is 2.15. The summed E-state index contributed by atoms with van der Waals surface area (Å²) < 4.78 is 0. The van der Waals surface area contributed by atoms with E-state index >= 15 is 0 Å². The predicted molar refractivity (Wildman–Crippen MR) is 58.6 cm³/mol. The maximum absolute atomic E-state index is 5.62. The van der Waals surface area contributed by atoms with Gasteiger partial charge in [-0.2, -0.15) is 0 Å². The normalized spacial score (nSPS) is 11.6. The molecule has 1 heteroatoms. The van der Waals surface area contributed by atoms with Crippen LogP contribution in [0.3, 0.4) is 0 Å². The van der Waals surface area contributed by atoms with Crippen LogP contribution in [0.25, 0.3) is 0 Å². The first-order chi connectivity index (χ1) is 6.03. The maximum Gasteiger partial charge on any atom is 0.0314 e. The van der Waals surface area contributed by atoms with Crippen molar-refractivity contribution in [1.29, 1.82) is 0 Å². The van der Waals surface area contributed by atoms with E-state index in [1.165, 1.54) is 12.0 Å². The van der Waals surface area contributed by atoms with Gasteiger partial charge in [-0.15, -0.1) is 0 Å². The van der Waals surface area contributed by atoms with Gasteiger partial charge in [-0.05, 0) is 29.5 Å². The standard InChI is InChI=1S/C12H19N/c1-4-12(2,3)9-10-5-7-11(13)8-6-10/h5-8H,4,9,13H2,1-3H3. The van der Waals surface area contributed by atoms with Gasteiger partial charge >= 0.3 is 0 Å². The van der Waals surface area contributed by atoms with E-state index in [1.54, 1.807) is 0 Å². The molecule has 0 heterocycles. The molecule has 0 bridgehead atoms. The van der Waals surface area contributed by atoms with Crippen LogP contribution in [-0.2, 0) is 6.42 Å². The van der Waals surface area contributed by atoms with Crippen LogP contribution in [0, 0.1) is 5.41 Å². The molecule has 2 N–H and O–H groups in total. The lowest BCUT2D eigenvalue weighted by atomic mass is 9.83. The second-order valence-electron chi connectivity index (χ2n) is 4.44. The van der Waals surface area contributed by atoms with Gasteiger partial charge in [0.25, 0.3) is 0 Å². The molecule has 1 rings (SSSR count). The van der Waals surface area contributed by atoms with Crippen molar-refractivity contribution in [3.63, 3.8) is 0 Å². The largest absolute Gasteiger partial charge is 0.399 e. The number of benzene rings is 1. The molecule has 13 heavy (non-hydrogen) atoms. The van der Waals surface area contributed by atoms with E-state index in [2.05, 4.69) is 32.9 Å². The zero-order chi connectivity index (χ0) is 9.90. The summed E-state index contributed by atoms with van der Waals surface area (Å²) in [5, 5.41) is 0. The quantitative estimate of drug-likeness (QED) is 0.705. The molecule has 1 nitrogen and oxygen atoms in total. The number of rotatable bonds is 3. The Bertz CT molecular complexity index is 259. The molecule has 0 aliphatic carbocycles. The first-order valence-corrected chi connectivity index (χ1v) is 4.88. The van der Waals surface area contributed by atoms with E-state index in [0.717, 1.165) is 12.1 Å². The third kappa shape index (κ3) is 3.10. The third-order valence-corrected chi connectivity index (χ3v) is 2.62. The Morgan fingerprint density at radius 1 is 1.15 bits per heavy atom. The predicted octanol–water partition coefficient (Wildman–Crippen LogP) is 3.25. The van der Waals surface area contributed by atoms with Gasteiger partial charge in [0.05, 0.1) is 0 Å². The van der Waals surface area contributed by atoms with Crippen LogP contribution in [-0.4, -0.2) is 0 Å². The molecule has 0 atom stereocenters. The number of nitrogen functional groups attached to an aromatic ring is 1. The van der Waals surface area contributed by atoms with Crippen molar-refractivity contribution < 1.29 is 0 Å². The average Bonchev–Trinajstić information content (AvgIpc) is 2.09. The van der Waals surface area contributed by atoms with Crippen molar-refractivity contribution >= 4 is 5.69 Å². The second-order valence-corrected chi connectivity index (χ2v) is 4.44. The molecule has 0 fully saturated rings. The van der Waals surface area contributed by atoms with Gasteiger partial charge in [-0.1, -0.05) is 39.3 Å². The molecule has 1 aromatic rings. The molecule has 0 saturated heterocycles. The molecular weight excluding hydrogens is 158 g/mol. The highest BCUT2D eigenvalue weighted by atomic mass is 14.5. The lowest BCUT2D eigenvalue weighted by Gasteiger charge is -2.22. The minimum Gasteiger partial charge on any atom is -0.399 e. The van der Waals surface area contributed by atoms with E-state index < -0.39 is 0 Å². The van der Waals surface area contributed by atoms with E-state index in [4.69, 9.17) is 5.73 Å². The van der Waals surface area contributed by atoms with Crippen molar-refractivity contribution in [2.45, 2.75) is 33.6 Å². The maximum atomic E-state index is 5.62. The molecule has 0 saturated carbocycles. The lowest BCUT2D eigenvalue weighted by Crippen LogP contribution is -2.13. The molecule has 0 unspecified atom stereocenters. The van der Waals surface area contributed by atoms with Crippen LogP contribution < -0.4 is 5.73 Å². The van der Waals surface area contributed by atoms with E-state index in [0.29, 0.717) is 5.41 Å². The molecule has 0 aliphatic rings. The fourth-order valence-electron chi connectivity index (χ4n) is 1.31. The molecule has 0 spiro atoms. The second kappa shape index (κ2) is 3.82.